The molecule has 0 saturated carbocycles. The molecule has 0 spiro atoms. The third kappa shape index (κ3) is 2.10. The van der Waals surface area contributed by atoms with E-state index in [4.69, 9.17) is 4.42 Å². The molecule has 0 bridgehead atoms. The minimum Gasteiger partial charge on any atom is -0.464 e. The number of thioether (sulfide) groups is 2. The zero-order chi connectivity index (χ0) is 15.1. The molecule has 0 unspecified atom stereocenters. The molecule has 0 fully saturated rings. The molecule has 3 heterocycles. The van der Waals surface area contributed by atoms with E-state index in [1.807, 2.05) is 11.8 Å². The lowest BCUT2D eigenvalue weighted by Crippen LogP contribution is -2.20. The van der Waals surface area contributed by atoms with Gasteiger partial charge in [0.2, 0.25) is 0 Å². The van der Waals surface area contributed by atoms with Crippen molar-refractivity contribution in [3.8, 4) is 0 Å². The van der Waals surface area contributed by atoms with Gasteiger partial charge in [0.15, 0.2) is 5.17 Å². The Morgan fingerprint density at radius 3 is 3.09 bits per heavy atom. The van der Waals surface area contributed by atoms with Crippen LogP contribution in [-0.2, 0) is 0 Å². The highest BCUT2D eigenvalue weighted by atomic mass is 32.2. The van der Waals surface area contributed by atoms with Gasteiger partial charge in [-0.3, -0.25) is 4.99 Å². The maximum absolute atomic E-state index is 5.86. The average molecular weight is 330 g/mol. The summed E-state index contributed by atoms with van der Waals surface area (Å²) in [4.78, 5) is 9.70. The van der Waals surface area contributed by atoms with Crippen LogP contribution < -0.4 is 0 Å². The van der Waals surface area contributed by atoms with Crippen molar-refractivity contribution >= 4 is 45.4 Å². The van der Waals surface area contributed by atoms with Crippen molar-refractivity contribution in [2.75, 3.05) is 19.3 Å². The van der Waals surface area contributed by atoms with Crippen molar-refractivity contribution in [1.29, 1.82) is 0 Å². The number of fused-ring (bicyclic) bond motifs is 2. The van der Waals surface area contributed by atoms with Gasteiger partial charge in [-0.25, -0.2) is 0 Å². The number of furan rings is 1. The van der Waals surface area contributed by atoms with Crippen LogP contribution >= 0.6 is 23.5 Å². The molecule has 0 atom stereocenters. The summed E-state index contributed by atoms with van der Waals surface area (Å²) in [7, 11) is 0. The second-order valence-corrected chi connectivity index (χ2v) is 7.33. The minimum atomic E-state index is 0.898. The fraction of sp³-hybridized carbons (Fsp3) is 0.353. The van der Waals surface area contributed by atoms with Crippen molar-refractivity contribution in [2.24, 2.45) is 4.99 Å². The number of allylic oxidation sites excluding steroid dienone is 1. The molecule has 1 aromatic heterocycles. The van der Waals surface area contributed by atoms with E-state index in [0.29, 0.717) is 0 Å². The van der Waals surface area contributed by atoms with Gasteiger partial charge in [-0.15, -0.1) is 11.8 Å². The van der Waals surface area contributed by atoms with Crippen LogP contribution in [0.1, 0.15) is 25.3 Å². The van der Waals surface area contributed by atoms with E-state index in [1.54, 1.807) is 18.0 Å². The van der Waals surface area contributed by atoms with Crippen LogP contribution in [0.25, 0.3) is 16.7 Å². The number of hydrogen-bond donors (Lipinski definition) is 0. The van der Waals surface area contributed by atoms with Gasteiger partial charge < -0.3 is 9.32 Å². The molecular formula is C17H18N2OS2. The highest BCUT2D eigenvalue weighted by Gasteiger charge is 2.33. The van der Waals surface area contributed by atoms with Crippen LogP contribution in [0.5, 0.6) is 0 Å². The van der Waals surface area contributed by atoms with E-state index >= 15 is 0 Å². The van der Waals surface area contributed by atoms with Crippen LogP contribution in [0.3, 0.4) is 0 Å². The Morgan fingerprint density at radius 2 is 2.27 bits per heavy atom. The Bertz CT molecular complexity index is 791. The standard InChI is InChI=1S/C17H18N2OS2/c1-3-4-14-15(19-9-8-18-17(19)22-14)12-5-6-13(21-2)11-7-10-20-16(11)12/h5-7,10H,3-4,8-9H2,1-2H3. The molecule has 0 N–H and O–H groups in total. The molecule has 1 aromatic carbocycles. The number of aliphatic imine (C=N–C) groups is 1. The maximum atomic E-state index is 5.86. The molecule has 2 aromatic rings. The second kappa shape index (κ2) is 5.70. The normalized spacial score (nSPS) is 17.5. The Hall–Kier alpha value is -1.33. The summed E-state index contributed by atoms with van der Waals surface area (Å²) in [6.07, 6.45) is 6.16. The van der Waals surface area contributed by atoms with E-state index in [2.05, 4.69) is 41.3 Å². The monoisotopic (exact) mass is 330 g/mol. The summed E-state index contributed by atoms with van der Waals surface area (Å²) in [6, 6.07) is 6.50. The molecule has 2 aliphatic rings. The molecule has 0 amide bonds. The summed E-state index contributed by atoms with van der Waals surface area (Å²) in [5.41, 5.74) is 3.53. The predicted octanol–water partition coefficient (Wildman–Crippen LogP) is 5.04. The van der Waals surface area contributed by atoms with Crippen molar-refractivity contribution in [1.82, 2.24) is 4.90 Å². The summed E-state index contributed by atoms with van der Waals surface area (Å²) in [5.74, 6) is 0. The first-order valence-electron chi connectivity index (χ1n) is 7.61. The average Bonchev–Trinajstić information content (AvgIpc) is 3.21. The van der Waals surface area contributed by atoms with E-state index in [-0.39, 0.29) is 0 Å². The van der Waals surface area contributed by atoms with Gasteiger partial charge in [0, 0.05) is 27.3 Å². The van der Waals surface area contributed by atoms with Crippen molar-refractivity contribution in [3.05, 3.63) is 34.9 Å². The maximum Gasteiger partial charge on any atom is 0.168 e. The fourth-order valence-corrected chi connectivity index (χ4v) is 5.00. The zero-order valence-corrected chi connectivity index (χ0v) is 14.4. The van der Waals surface area contributed by atoms with Gasteiger partial charge >= 0.3 is 0 Å². The number of rotatable bonds is 4. The third-order valence-electron chi connectivity index (χ3n) is 4.08. The SMILES string of the molecule is CCCC1=C(c2ccc(SC)c3ccoc23)N2CCN=C2S1. The number of nitrogens with zero attached hydrogens (tertiary/aromatic N) is 2. The van der Waals surface area contributed by atoms with E-state index in [9.17, 15) is 0 Å². The van der Waals surface area contributed by atoms with Gasteiger partial charge in [-0.2, -0.15) is 0 Å². The molecule has 3 nitrogen and oxygen atoms in total. The van der Waals surface area contributed by atoms with Gasteiger partial charge in [0.05, 0.1) is 18.5 Å². The Kier molecular flexibility index (Phi) is 3.70. The molecule has 0 radical (unpaired) electrons. The predicted molar refractivity (Wildman–Crippen MR) is 96.4 cm³/mol. The van der Waals surface area contributed by atoms with Gasteiger partial charge in [0.1, 0.15) is 5.58 Å². The molecule has 5 heteroatoms. The molecule has 4 rings (SSSR count). The summed E-state index contributed by atoms with van der Waals surface area (Å²) in [5, 5.41) is 2.37. The largest absolute Gasteiger partial charge is 0.464 e. The Labute approximate surface area is 138 Å². The number of benzene rings is 1. The fourth-order valence-electron chi connectivity index (χ4n) is 3.12. The lowest BCUT2D eigenvalue weighted by molar-refractivity contribution is 0.607. The van der Waals surface area contributed by atoms with E-state index in [1.165, 1.54) is 26.4 Å². The lowest BCUT2D eigenvalue weighted by atomic mass is 10.1. The summed E-state index contributed by atoms with van der Waals surface area (Å²) >= 11 is 3.60. The first-order chi connectivity index (χ1) is 10.8. The van der Waals surface area contributed by atoms with Crippen molar-refractivity contribution in [2.45, 2.75) is 24.7 Å². The summed E-state index contributed by atoms with van der Waals surface area (Å²) in [6.45, 7) is 4.11. The van der Waals surface area contributed by atoms with Crippen LogP contribution in [-0.4, -0.2) is 29.4 Å². The molecule has 0 saturated heterocycles. The molecular weight excluding hydrogens is 312 g/mol. The summed E-state index contributed by atoms with van der Waals surface area (Å²) < 4.78 is 5.86. The molecule has 0 aliphatic carbocycles. The van der Waals surface area contributed by atoms with Crippen molar-refractivity contribution in [3.63, 3.8) is 0 Å². The van der Waals surface area contributed by atoms with Crippen LogP contribution in [0.15, 0.2) is 43.7 Å². The molecule has 2 aliphatic heterocycles. The van der Waals surface area contributed by atoms with E-state index in [0.717, 1.165) is 36.7 Å². The van der Waals surface area contributed by atoms with E-state index < -0.39 is 0 Å². The lowest BCUT2D eigenvalue weighted by Gasteiger charge is -2.18. The third-order valence-corrected chi connectivity index (χ3v) is 6.05. The second-order valence-electron chi connectivity index (χ2n) is 5.42. The Morgan fingerprint density at radius 1 is 1.36 bits per heavy atom. The zero-order valence-electron chi connectivity index (χ0n) is 12.8. The number of hydrogen-bond acceptors (Lipinski definition) is 5. The highest BCUT2D eigenvalue weighted by molar-refractivity contribution is 8.17. The molecule has 114 valence electrons. The quantitative estimate of drug-likeness (QED) is 0.734. The topological polar surface area (TPSA) is 28.7 Å². The van der Waals surface area contributed by atoms with Gasteiger partial charge in [-0.1, -0.05) is 25.1 Å². The first kappa shape index (κ1) is 14.3. The van der Waals surface area contributed by atoms with Gasteiger partial charge in [0.25, 0.3) is 0 Å². The van der Waals surface area contributed by atoms with Gasteiger partial charge in [-0.05, 0) is 30.9 Å². The number of amidine groups is 1. The van der Waals surface area contributed by atoms with Crippen LogP contribution in [0.4, 0.5) is 0 Å². The molecule has 22 heavy (non-hydrogen) atoms. The van der Waals surface area contributed by atoms with Crippen LogP contribution in [0, 0.1) is 0 Å². The smallest absolute Gasteiger partial charge is 0.168 e. The van der Waals surface area contributed by atoms with Crippen molar-refractivity contribution < 1.29 is 4.42 Å². The van der Waals surface area contributed by atoms with Crippen LogP contribution in [0.2, 0.25) is 0 Å². The highest BCUT2D eigenvalue weighted by Crippen LogP contribution is 2.46. The Balaban J connectivity index is 1.91. The minimum absolute atomic E-state index is 0.898. The first-order valence-corrected chi connectivity index (χ1v) is 9.65.